The zero-order chi connectivity index (χ0) is 14.1. The number of hydrogen-bond donors (Lipinski definition) is 2. The molecule has 0 aliphatic carbocycles. The first kappa shape index (κ1) is 14.9. The summed E-state index contributed by atoms with van der Waals surface area (Å²) in [5.74, 6) is -2.34. The molecule has 1 fully saturated rings. The van der Waals surface area contributed by atoms with Gasteiger partial charge in [-0.1, -0.05) is 13.8 Å². The number of hydrogen-bond acceptors (Lipinski definition) is 4. The fourth-order valence-electron chi connectivity index (χ4n) is 1.67. The molecule has 0 aromatic heterocycles. The Kier molecular flexibility index (Phi) is 4.02. The van der Waals surface area contributed by atoms with E-state index in [1.807, 2.05) is 13.8 Å². The Morgan fingerprint density at radius 3 is 2.39 bits per heavy atom. The number of ether oxygens (including phenoxy) is 2. The number of rotatable bonds is 3. The lowest BCUT2D eigenvalue weighted by atomic mass is 9.85. The number of nitrogens with one attached hydrogen (secondary N) is 1. The van der Waals surface area contributed by atoms with Crippen molar-refractivity contribution in [2.45, 2.75) is 52.6 Å². The van der Waals surface area contributed by atoms with Crippen LogP contribution in [0.4, 0.5) is 0 Å². The van der Waals surface area contributed by atoms with Gasteiger partial charge in [0.1, 0.15) is 12.1 Å². The van der Waals surface area contributed by atoms with Gasteiger partial charge in [-0.05, 0) is 20.8 Å². The van der Waals surface area contributed by atoms with Crippen LogP contribution in [0.3, 0.4) is 0 Å². The molecule has 2 unspecified atom stereocenters. The van der Waals surface area contributed by atoms with Crippen molar-refractivity contribution in [3.63, 3.8) is 0 Å². The lowest BCUT2D eigenvalue weighted by molar-refractivity contribution is -0.304. The van der Waals surface area contributed by atoms with Gasteiger partial charge in [0.25, 0.3) is 5.91 Å². The fraction of sp³-hybridized carbons (Fsp3) is 0.833. The van der Waals surface area contributed by atoms with Crippen molar-refractivity contribution >= 4 is 11.9 Å². The second-order valence-electron chi connectivity index (χ2n) is 5.74. The molecule has 1 heterocycles. The quantitative estimate of drug-likeness (QED) is 0.781. The first-order valence-electron chi connectivity index (χ1n) is 5.90. The van der Waals surface area contributed by atoms with Crippen LogP contribution in [0.5, 0.6) is 0 Å². The molecule has 0 saturated carbocycles. The molecular formula is C12H21NO5. The molecule has 1 rings (SSSR count). The summed E-state index contributed by atoms with van der Waals surface area (Å²) < 4.78 is 11.1. The van der Waals surface area contributed by atoms with Gasteiger partial charge in [0.2, 0.25) is 0 Å². The summed E-state index contributed by atoms with van der Waals surface area (Å²) in [6, 6.07) is -0.942. The number of carboxylic acids is 1. The monoisotopic (exact) mass is 259 g/mol. The van der Waals surface area contributed by atoms with Crippen molar-refractivity contribution in [3.05, 3.63) is 0 Å². The molecule has 18 heavy (non-hydrogen) atoms. The van der Waals surface area contributed by atoms with E-state index in [1.165, 1.54) is 6.92 Å². The van der Waals surface area contributed by atoms with Crippen LogP contribution in [-0.4, -0.2) is 41.5 Å². The Bertz CT molecular complexity index is 350. The van der Waals surface area contributed by atoms with E-state index in [-0.39, 0.29) is 0 Å². The smallest absolute Gasteiger partial charge is 0.325 e. The largest absolute Gasteiger partial charge is 0.480 e. The minimum atomic E-state index is -1.08. The predicted octanol–water partition coefficient (Wildman–Crippen LogP) is 0.753. The SMILES string of the molecule is CC(NC(=O)C1OC(C)(C)OCC1(C)C)C(=O)O. The molecular weight excluding hydrogens is 238 g/mol. The summed E-state index contributed by atoms with van der Waals surface area (Å²) >= 11 is 0. The maximum atomic E-state index is 12.1. The van der Waals surface area contributed by atoms with Crippen molar-refractivity contribution in [1.29, 1.82) is 0 Å². The number of carbonyl (C=O) groups excluding carboxylic acids is 1. The minimum absolute atomic E-state index is 0.375. The van der Waals surface area contributed by atoms with E-state index in [1.54, 1.807) is 13.8 Å². The molecule has 0 aromatic carbocycles. The van der Waals surface area contributed by atoms with Gasteiger partial charge in [0, 0.05) is 5.41 Å². The van der Waals surface area contributed by atoms with E-state index >= 15 is 0 Å². The average Bonchev–Trinajstić information content (AvgIpc) is 2.22. The van der Waals surface area contributed by atoms with E-state index in [9.17, 15) is 9.59 Å². The molecule has 6 heteroatoms. The molecule has 0 radical (unpaired) electrons. The van der Waals surface area contributed by atoms with Crippen molar-refractivity contribution in [2.24, 2.45) is 5.41 Å². The van der Waals surface area contributed by atoms with E-state index < -0.39 is 35.2 Å². The topological polar surface area (TPSA) is 84.9 Å². The summed E-state index contributed by atoms with van der Waals surface area (Å²) in [7, 11) is 0. The molecule has 1 aliphatic rings. The van der Waals surface area contributed by atoms with Gasteiger partial charge in [0.15, 0.2) is 5.79 Å². The Morgan fingerprint density at radius 2 is 1.89 bits per heavy atom. The first-order chi connectivity index (χ1) is 8.05. The second kappa shape index (κ2) is 4.85. The summed E-state index contributed by atoms with van der Waals surface area (Å²) in [5.41, 5.74) is -0.502. The standard InChI is InChI=1S/C12H21NO5/c1-7(10(15)16)13-9(14)8-11(2,3)6-17-12(4,5)18-8/h7-8H,6H2,1-5H3,(H,13,14)(H,15,16). The Morgan fingerprint density at radius 1 is 1.33 bits per heavy atom. The molecule has 0 aromatic rings. The zero-order valence-electron chi connectivity index (χ0n) is 11.4. The molecule has 0 spiro atoms. The van der Waals surface area contributed by atoms with Crippen LogP contribution < -0.4 is 5.32 Å². The molecule has 2 N–H and O–H groups in total. The molecule has 104 valence electrons. The summed E-state index contributed by atoms with van der Waals surface area (Å²) in [6.45, 7) is 8.93. The van der Waals surface area contributed by atoms with E-state index in [0.717, 1.165) is 0 Å². The van der Waals surface area contributed by atoms with Crippen LogP contribution >= 0.6 is 0 Å². The minimum Gasteiger partial charge on any atom is -0.480 e. The van der Waals surface area contributed by atoms with Gasteiger partial charge in [-0.15, -0.1) is 0 Å². The molecule has 1 saturated heterocycles. The van der Waals surface area contributed by atoms with Gasteiger partial charge in [0.05, 0.1) is 6.61 Å². The highest BCUT2D eigenvalue weighted by Gasteiger charge is 2.46. The molecule has 1 aliphatic heterocycles. The lowest BCUT2D eigenvalue weighted by Gasteiger charge is -2.44. The van der Waals surface area contributed by atoms with Gasteiger partial charge in [-0.25, -0.2) is 0 Å². The molecule has 6 nitrogen and oxygen atoms in total. The van der Waals surface area contributed by atoms with Crippen molar-refractivity contribution in [3.8, 4) is 0 Å². The van der Waals surface area contributed by atoms with Crippen molar-refractivity contribution in [2.75, 3.05) is 6.61 Å². The lowest BCUT2D eigenvalue weighted by Crippen LogP contribution is -2.58. The van der Waals surface area contributed by atoms with Crippen LogP contribution in [0.2, 0.25) is 0 Å². The third-order valence-corrected chi connectivity index (χ3v) is 2.87. The Balaban J connectivity index is 2.78. The second-order valence-corrected chi connectivity index (χ2v) is 5.74. The first-order valence-corrected chi connectivity index (χ1v) is 5.90. The third-order valence-electron chi connectivity index (χ3n) is 2.87. The number of carboxylic acid groups (broad SMARTS) is 1. The van der Waals surface area contributed by atoms with Crippen LogP contribution in [0.15, 0.2) is 0 Å². The fourth-order valence-corrected chi connectivity index (χ4v) is 1.67. The van der Waals surface area contributed by atoms with Crippen LogP contribution in [0.1, 0.15) is 34.6 Å². The van der Waals surface area contributed by atoms with Crippen molar-refractivity contribution < 1.29 is 24.2 Å². The summed E-state index contributed by atoms with van der Waals surface area (Å²) in [4.78, 5) is 22.8. The number of carbonyl (C=O) groups is 2. The Labute approximate surface area is 107 Å². The predicted molar refractivity (Wildman–Crippen MR) is 63.9 cm³/mol. The van der Waals surface area contributed by atoms with E-state index in [4.69, 9.17) is 14.6 Å². The van der Waals surface area contributed by atoms with Gasteiger partial charge >= 0.3 is 5.97 Å². The maximum absolute atomic E-state index is 12.1. The molecule has 2 atom stereocenters. The van der Waals surface area contributed by atoms with E-state index in [0.29, 0.717) is 6.61 Å². The normalized spacial score (nSPS) is 27.3. The highest BCUT2D eigenvalue weighted by molar-refractivity contribution is 5.86. The summed E-state index contributed by atoms with van der Waals surface area (Å²) in [6.07, 6.45) is -0.733. The van der Waals surface area contributed by atoms with Gasteiger partial charge in [-0.3, -0.25) is 9.59 Å². The zero-order valence-corrected chi connectivity index (χ0v) is 11.4. The third kappa shape index (κ3) is 3.43. The molecule has 0 bridgehead atoms. The highest BCUT2D eigenvalue weighted by Crippen LogP contribution is 2.34. The number of amides is 1. The van der Waals surface area contributed by atoms with Gasteiger partial charge in [-0.2, -0.15) is 0 Å². The number of aliphatic carboxylic acids is 1. The van der Waals surface area contributed by atoms with E-state index in [2.05, 4.69) is 5.32 Å². The van der Waals surface area contributed by atoms with Gasteiger partial charge < -0.3 is 19.9 Å². The van der Waals surface area contributed by atoms with Crippen molar-refractivity contribution in [1.82, 2.24) is 5.32 Å². The molecule has 1 amide bonds. The van der Waals surface area contributed by atoms with Crippen LogP contribution in [-0.2, 0) is 19.1 Å². The summed E-state index contributed by atoms with van der Waals surface area (Å²) in [5, 5.41) is 11.2. The van der Waals surface area contributed by atoms with Crippen LogP contribution in [0, 0.1) is 5.41 Å². The Hall–Kier alpha value is -1.14. The average molecular weight is 259 g/mol. The maximum Gasteiger partial charge on any atom is 0.325 e. The highest BCUT2D eigenvalue weighted by atomic mass is 16.7. The van der Waals surface area contributed by atoms with Crippen LogP contribution in [0.25, 0.3) is 0 Å².